The van der Waals surface area contributed by atoms with Crippen LogP contribution in [0.5, 0.6) is 11.5 Å². The Bertz CT molecular complexity index is 1040. The van der Waals surface area contributed by atoms with E-state index in [0.717, 1.165) is 41.1 Å². The Kier molecular flexibility index (Phi) is 4.27. The average Bonchev–Trinajstić information content (AvgIpc) is 3.08. The monoisotopic (exact) mass is 364 g/mol. The molecule has 0 atom stereocenters. The Morgan fingerprint density at radius 2 is 1.89 bits per heavy atom. The van der Waals surface area contributed by atoms with Crippen molar-refractivity contribution in [3.63, 3.8) is 0 Å². The maximum Gasteiger partial charge on any atom is 0.221 e. The Hall–Kier alpha value is -3.35. The minimum atomic E-state index is -0.0937. The topological polar surface area (TPSA) is 76.6 Å². The van der Waals surface area contributed by atoms with Crippen LogP contribution in [0.1, 0.15) is 12.5 Å². The van der Waals surface area contributed by atoms with Crippen LogP contribution in [-0.4, -0.2) is 36.6 Å². The fourth-order valence-electron chi connectivity index (χ4n) is 3.46. The van der Waals surface area contributed by atoms with Gasteiger partial charge in [-0.3, -0.25) is 4.79 Å². The molecule has 27 heavy (non-hydrogen) atoms. The number of amides is 1. The highest BCUT2D eigenvalue weighted by atomic mass is 16.5. The average molecular weight is 364 g/mol. The van der Waals surface area contributed by atoms with Crippen molar-refractivity contribution >= 4 is 34.0 Å². The molecule has 1 amide bonds. The maximum absolute atomic E-state index is 11.4. The molecule has 0 radical (unpaired) electrons. The smallest absolute Gasteiger partial charge is 0.221 e. The molecule has 4 rings (SSSR count). The summed E-state index contributed by atoms with van der Waals surface area (Å²) >= 11 is 0. The summed E-state index contributed by atoms with van der Waals surface area (Å²) in [6.45, 7) is 2.31. The van der Waals surface area contributed by atoms with Gasteiger partial charge >= 0.3 is 0 Å². The first-order chi connectivity index (χ1) is 13.1. The van der Waals surface area contributed by atoms with Gasteiger partial charge in [0, 0.05) is 36.3 Å². The first-order valence-corrected chi connectivity index (χ1v) is 8.65. The van der Waals surface area contributed by atoms with Crippen LogP contribution in [0.15, 0.2) is 36.7 Å². The number of fused-ring (bicyclic) bond motifs is 2. The summed E-state index contributed by atoms with van der Waals surface area (Å²) in [7, 11) is 3.21. The van der Waals surface area contributed by atoms with Crippen LogP contribution < -0.4 is 19.7 Å². The van der Waals surface area contributed by atoms with Crippen LogP contribution in [-0.2, 0) is 11.2 Å². The number of hydrogen-bond acceptors (Lipinski definition) is 6. The summed E-state index contributed by atoms with van der Waals surface area (Å²) in [6, 6.07) is 9.71. The van der Waals surface area contributed by atoms with E-state index in [2.05, 4.69) is 20.2 Å². The van der Waals surface area contributed by atoms with E-state index in [4.69, 9.17) is 9.47 Å². The third kappa shape index (κ3) is 3.01. The summed E-state index contributed by atoms with van der Waals surface area (Å²) in [4.78, 5) is 22.5. The fourth-order valence-corrected chi connectivity index (χ4v) is 3.46. The molecule has 0 unspecified atom stereocenters. The molecule has 1 aromatic heterocycles. The molecule has 1 aliphatic rings. The van der Waals surface area contributed by atoms with Gasteiger partial charge in [-0.1, -0.05) is 6.07 Å². The number of benzene rings is 2. The highest BCUT2D eigenvalue weighted by Gasteiger charge is 2.24. The number of hydrogen-bond donors (Lipinski definition) is 1. The van der Waals surface area contributed by atoms with Crippen LogP contribution in [0.4, 0.5) is 17.2 Å². The number of rotatable bonds is 4. The van der Waals surface area contributed by atoms with Gasteiger partial charge in [-0.25, -0.2) is 9.97 Å². The number of nitrogens with one attached hydrogen (secondary N) is 1. The normalized spacial score (nSPS) is 12.8. The molecule has 0 fully saturated rings. The largest absolute Gasteiger partial charge is 0.493 e. The standard InChI is InChI=1S/C20H20N4O3/c1-12(25)23-14-5-4-13-6-7-24(17(13)8-14)20-15-9-18(26-2)19(27-3)10-16(15)21-11-22-20/h4-5,8-11H,6-7H2,1-3H3,(H,23,25). The van der Waals surface area contributed by atoms with Crippen molar-refractivity contribution in [1.82, 2.24) is 9.97 Å². The first-order valence-electron chi connectivity index (χ1n) is 8.65. The highest BCUT2D eigenvalue weighted by Crippen LogP contribution is 2.40. The van der Waals surface area contributed by atoms with Gasteiger partial charge in [-0.05, 0) is 30.2 Å². The van der Waals surface area contributed by atoms with E-state index >= 15 is 0 Å². The molecule has 1 aliphatic heterocycles. The van der Waals surface area contributed by atoms with Gasteiger partial charge in [-0.2, -0.15) is 0 Å². The minimum Gasteiger partial charge on any atom is -0.493 e. The molecule has 0 saturated carbocycles. The molecular formula is C20H20N4O3. The van der Waals surface area contributed by atoms with Gasteiger partial charge in [0.05, 0.1) is 19.7 Å². The van der Waals surface area contributed by atoms with E-state index in [1.807, 2.05) is 30.3 Å². The molecule has 7 heteroatoms. The van der Waals surface area contributed by atoms with Crippen molar-refractivity contribution < 1.29 is 14.3 Å². The van der Waals surface area contributed by atoms with E-state index in [9.17, 15) is 4.79 Å². The molecule has 0 aliphatic carbocycles. The van der Waals surface area contributed by atoms with E-state index in [1.165, 1.54) is 12.5 Å². The summed E-state index contributed by atoms with van der Waals surface area (Å²) in [5.41, 5.74) is 3.81. The Morgan fingerprint density at radius 1 is 1.11 bits per heavy atom. The number of anilines is 3. The van der Waals surface area contributed by atoms with Gasteiger partial charge in [-0.15, -0.1) is 0 Å². The number of methoxy groups -OCH3 is 2. The predicted molar refractivity (Wildman–Crippen MR) is 104 cm³/mol. The van der Waals surface area contributed by atoms with Crippen LogP contribution in [0, 0.1) is 0 Å². The third-order valence-corrected chi connectivity index (χ3v) is 4.68. The zero-order valence-corrected chi connectivity index (χ0v) is 15.4. The summed E-state index contributed by atoms with van der Waals surface area (Å²) < 4.78 is 10.8. The van der Waals surface area contributed by atoms with Crippen LogP contribution >= 0.6 is 0 Å². The van der Waals surface area contributed by atoms with Crippen molar-refractivity contribution in [2.75, 3.05) is 31.0 Å². The number of aromatic nitrogens is 2. The molecule has 2 heterocycles. The lowest BCUT2D eigenvalue weighted by Gasteiger charge is -2.21. The third-order valence-electron chi connectivity index (χ3n) is 4.68. The highest BCUT2D eigenvalue weighted by molar-refractivity contribution is 5.95. The quantitative estimate of drug-likeness (QED) is 0.765. The number of carbonyl (C=O) groups excluding carboxylic acids is 1. The lowest BCUT2D eigenvalue weighted by molar-refractivity contribution is -0.114. The van der Waals surface area contributed by atoms with E-state index in [1.54, 1.807) is 20.5 Å². The summed E-state index contributed by atoms with van der Waals surface area (Å²) in [6.07, 6.45) is 2.47. The second-order valence-electron chi connectivity index (χ2n) is 6.35. The molecule has 7 nitrogen and oxygen atoms in total. The summed E-state index contributed by atoms with van der Waals surface area (Å²) in [5.74, 6) is 1.97. The zero-order valence-electron chi connectivity index (χ0n) is 15.4. The molecule has 2 aromatic carbocycles. The van der Waals surface area contributed by atoms with Gasteiger partial charge in [0.1, 0.15) is 12.1 Å². The van der Waals surface area contributed by atoms with E-state index in [-0.39, 0.29) is 5.91 Å². The second-order valence-corrected chi connectivity index (χ2v) is 6.35. The predicted octanol–water partition coefficient (Wildman–Crippen LogP) is 3.30. The fraction of sp³-hybridized carbons (Fsp3) is 0.250. The number of ether oxygens (including phenoxy) is 2. The van der Waals surface area contributed by atoms with Crippen LogP contribution in [0.2, 0.25) is 0 Å². The van der Waals surface area contributed by atoms with Gasteiger partial charge in [0.2, 0.25) is 5.91 Å². The van der Waals surface area contributed by atoms with E-state index < -0.39 is 0 Å². The summed E-state index contributed by atoms with van der Waals surface area (Å²) in [5, 5.41) is 3.72. The van der Waals surface area contributed by atoms with Crippen LogP contribution in [0.25, 0.3) is 10.9 Å². The number of nitrogens with zero attached hydrogens (tertiary/aromatic N) is 3. The van der Waals surface area contributed by atoms with Gasteiger partial charge < -0.3 is 19.7 Å². The molecule has 0 bridgehead atoms. The Balaban J connectivity index is 1.84. The second kappa shape index (κ2) is 6.75. The van der Waals surface area contributed by atoms with E-state index in [0.29, 0.717) is 11.5 Å². The zero-order chi connectivity index (χ0) is 19.0. The minimum absolute atomic E-state index is 0.0937. The molecular weight excluding hydrogens is 344 g/mol. The number of carbonyl (C=O) groups is 1. The van der Waals surface area contributed by atoms with Crippen molar-refractivity contribution in [2.24, 2.45) is 0 Å². The van der Waals surface area contributed by atoms with Gasteiger partial charge in [0.25, 0.3) is 0 Å². The van der Waals surface area contributed by atoms with Crippen molar-refractivity contribution in [2.45, 2.75) is 13.3 Å². The molecule has 3 aromatic rings. The van der Waals surface area contributed by atoms with Crippen molar-refractivity contribution in [1.29, 1.82) is 0 Å². The van der Waals surface area contributed by atoms with Crippen molar-refractivity contribution in [3.8, 4) is 11.5 Å². The Labute approximate surface area is 156 Å². The van der Waals surface area contributed by atoms with Crippen molar-refractivity contribution in [3.05, 3.63) is 42.2 Å². The lowest BCUT2D eigenvalue weighted by atomic mass is 10.1. The van der Waals surface area contributed by atoms with Gasteiger partial charge in [0.15, 0.2) is 11.5 Å². The SMILES string of the molecule is COc1cc2ncnc(N3CCc4ccc(NC(C)=O)cc43)c2cc1OC. The van der Waals surface area contributed by atoms with Crippen LogP contribution in [0.3, 0.4) is 0 Å². The Morgan fingerprint density at radius 3 is 2.63 bits per heavy atom. The first kappa shape index (κ1) is 17.1. The maximum atomic E-state index is 11.4. The molecule has 1 N–H and O–H groups in total. The molecule has 138 valence electrons. The molecule has 0 spiro atoms. The lowest BCUT2D eigenvalue weighted by Crippen LogP contribution is -2.16. The molecule has 0 saturated heterocycles.